The molecule has 0 radical (unpaired) electrons. The third-order valence-corrected chi connectivity index (χ3v) is 8.58. The van der Waals surface area contributed by atoms with Crippen molar-refractivity contribution in [3.8, 4) is 0 Å². The number of fused-ring (bicyclic) bond motifs is 1. The van der Waals surface area contributed by atoms with E-state index in [4.69, 9.17) is 16.0 Å². The first-order valence-corrected chi connectivity index (χ1v) is 14.1. The van der Waals surface area contributed by atoms with Gasteiger partial charge in [-0.25, -0.2) is 9.97 Å². The molecule has 4 aromatic rings. The van der Waals surface area contributed by atoms with Crippen LogP contribution in [0.1, 0.15) is 61.0 Å². The number of amides is 2. The van der Waals surface area contributed by atoms with Crippen LogP contribution in [0, 0.1) is 6.92 Å². The number of thiophene rings is 1. The Balaban J connectivity index is 1.35. The number of rotatable bonds is 8. The minimum Gasteiger partial charge on any atom is -0.467 e. The van der Waals surface area contributed by atoms with Crippen LogP contribution >= 0.6 is 34.7 Å². The molecule has 0 unspecified atom stereocenters. The van der Waals surface area contributed by atoms with E-state index < -0.39 is 5.91 Å². The number of thioether (sulfide) groups is 1. The maximum Gasteiger partial charge on any atom is 0.276 e. The summed E-state index contributed by atoms with van der Waals surface area (Å²) in [5, 5.41) is 6.96. The van der Waals surface area contributed by atoms with Gasteiger partial charge in [0.2, 0.25) is 0 Å². The van der Waals surface area contributed by atoms with Crippen molar-refractivity contribution in [3.05, 3.63) is 92.5 Å². The van der Waals surface area contributed by atoms with E-state index in [1.54, 1.807) is 18.4 Å². The van der Waals surface area contributed by atoms with E-state index in [2.05, 4.69) is 39.7 Å². The molecule has 190 valence electrons. The van der Waals surface area contributed by atoms with Gasteiger partial charge in [0, 0.05) is 10.6 Å². The summed E-state index contributed by atoms with van der Waals surface area (Å²) < 4.78 is 5.33. The highest BCUT2D eigenvalue weighted by atomic mass is 35.5. The molecule has 0 saturated heterocycles. The fraction of sp³-hybridized carbons (Fsp3) is 0.259. The summed E-state index contributed by atoms with van der Waals surface area (Å²) in [5.74, 6) is 0.622. The molecule has 0 atom stereocenters. The van der Waals surface area contributed by atoms with Crippen LogP contribution in [-0.4, -0.2) is 21.8 Å². The number of nitrogens with one attached hydrogen (secondary N) is 2. The highest BCUT2D eigenvalue weighted by Gasteiger charge is 2.27. The van der Waals surface area contributed by atoms with Gasteiger partial charge in [0.25, 0.3) is 11.8 Å². The molecule has 3 heterocycles. The van der Waals surface area contributed by atoms with Gasteiger partial charge in [-0.15, -0.1) is 11.3 Å². The predicted molar refractivity (Wildman–Crippen MR) is 147 cm³/mol. The molecule has 2 N–H and O–H groups in total. The van der Waals surface area contributed by atoms with E-state index in [0.29, 0.717) is 27.2 Å². The Hall–Kier alpha value is -3.14. The number of hydrogen-bond acceptors (Lipinski definition) is 7. The van der Waals surface area contributed by atoms with Crippen LogP contribution in [0.15, 0.2) is 58.4 Å². The number of furan rings is 1. The second-order valence-electron chi connectivity index (χ2n) is 8.70. The number of halogens is 1. The lowest BCUT2D eigenvalue weighted by Crippen LogP contribution is -2.25. The van der Waals surface area contributed by atoms with Crippen LogP contribution in [0.5, 0.6) is 0 Å². The fourth-order valence-corrected chi connectivity index (χ4v) is 6.57. The van der Waals surface area contributed by atoms with Crippen molar-refractivity contribution < 1.29 is 14.0 Å². The SMILES string of the molecule is Cc1ccccc1CSc1ncc(Cl)c(C(=O)Nc2sc3c(c2C(=O)NCc2ccco2)CCCC3)n1. The predicted octanol–water partition coefficient (Wildman–Crippen LogP) is 6.45. The smallest absolute Gasteiger partial charge is 0.276 e. The topological polar surface area (TPSA) is 97.1 Å². The summed E-state index contributed by atoms with van der Waals surface area (Å²) >= 11 is 9.21. The van der Waals surface area contributed by atoms with Crippen molar-refractivity contribution in [3.63, 3.8) is 0 Å². The Labute approximate surface area is 228 Å². The van der Waals surface area contributed by atoms with Gasteiger partial charge in [-0.3, -0.25) is 9.59 Å². The Bertz CT molecular complexity index is 1440. The third kappa shape index (κ3) is 5.89. The largest absolute Gasteiger partial charge is 0.467 e. The van der Waals surface area contributed by atoms with Crippen molar-refractivity contribution in [2.75, 3.05) is 5.32 Å². The molecule has 1 aromatic carbocycles. The number of aryl methyl sites for hydroxylation is 2. The number of anilines is 1. The second kappa shape index (κ2) is 11.5. The maximum absolute atomic E-state index is 13.3. The van der Waals surface area contributed by atoms with E-state index in [-0.39, 0.29) is 23.2 Å². The number of hydrogen-bond donors (Lipinski definition) is 2. The Morgan fingerprint density at radius 3 is 2.78 bits per heavy atom. The van der Waals surface area contributed by atoms with E-state index in [0.717, 1.165) is 36.1 Å². The number of carbonyl (C=O) groups excluding carboxylic acids is 2. The number of benzene rings is 1. The van der Waals surface area contributed by atoms with E-state index in [9.17, 15) is 9.59 Å². The van der Waals surface area contributed by atoms with E-state index in [1.165, 1.54) is 40.4 Å². The van der Waals surface area contributed by atoms with Gasteiger partial charge >= 0.3 is 0 Å². The molecule has 0 fully saturated rings. The summed E-state index contributed by atoms with van der Waals surface area (Å²) in [5.41, 5.74) is 3.95. The van der Waals surface area contributed by atoms with Crippen LogP contribution in [0.4, 0.5) is 5.00 Å². The molecule has 10 heteroatoms. The van der Waals surface area contributed by atoms with Crippen molar-refractivity contribution in [2.24, 2.45) is 0 Å². The normalized spacial score (nSPS) is 12.7. The Morgan fingerprint density at radius 2 is 1.97 bits per heavy atom. The first-order chi connectivity index (χ1) is 18.0. The van der Waals surface area contributed by atoms with Gasteiger partial charge in [-0.05, 0) is 61.4 Å². The summed E-state index contributed by atoms with van der Waals surface area (Å²) in [6.07, 6.45) is 6.78. The Morgan fingerprint density at radius 1 is 1.14 bits per heavy atom. The molecule has 1 aliphatic carbocycles. The number of nitrogens with zero attached hydrogens (tertiary/aromatic N) is 2. The van der Waals surface area contributed by atoms with Crippen molar-refractivity contribution >= 4 is 51.5 Å². The van der Waals surface area contributed by atoms with Gasteiger partial charge in [0.1, 0.15) is 10.8 Å². The lowest BCUT2D eigenvalue weighted by Gasteiger charge is -2.13. The molecule has 2 amide bonds. The molecule has 7 nitrogen and oxygen atoms in total. The minimum atomic E-state index is -0.469. The summed E-state index contributed by atoms with van der Waals surface area (Å²) in [6, 6.07) is 11.7. The van der Waals surface area contributed by atoms with E-state index in [1.807, 2.05) is 12.1 Å². The fourth-order valence-electron chi connectivity index (χ4n) is 4.22. The average molecular weight is 553 g/mol. The standard InChI is InChI=1S/C27H25ClN4O3S2/c1-16-7-2-3-8-17(16)15-36-27-30-14-20(28)23(31-27)25(34)32-26-22(19-10-4-5-11-21(19)37-26)24(33)29-13-18-9-6-12-35-18/h2-3,6-9,12,14H,4-5,10-11,13,15H2,1H3,(H,29,33)(H,32,34). The van der Waals surface area contributed by atoms with Crippen molar-refractivity contribution in [2.45, 2.75) is 50.1 Å². The molecule has 0 bridgehead atoms. The number of carbonyl (C=O) groups is 2. The molecule has 3 aromatic heterocycles. The van der Waals surface area contributed by atoms with Crippen LogP contribution in [-0.2, 0) is 25.1 Å². The minimum absolute atomic E-state index is 0.0808. The quantitative estimate of drug-likeness (QED) is 0.193. The molecular formula is C27H25ClN4O3S2. The van der Waals surface area contributed by atoms with Crippen LogP contribution in [0.3, 0.4) is 0 Å². The van der Waals surface area contributed by atoms with Crippen molar-refractivity contribution in [1.82, 2.24) is 15.3 Å². The zero-order valence-electron chi connectivity index (χ0n) is 20.2. The maximum atomic E-state index is 13.3. The summed E-state index contributed by atoms with van der Waals surface area (Å²) in [7, 11) is 0. The van der Waals surface area contributed by atoms with Crippen LogP contribution in [0.25, 0.3) is 0 Å². The first kappa shape index (κ1) is 25.5. The van der Waals surface area contributed by atoms with Crippen LogP contribution in [0.2, 0.25) is 5.02 Å². The molecule has 0 aliphatic heterocycles. The molecule has 1 aliphatic rings. The monoisotopic (exact) mass is 552 g/mol. The Kier molecular flexibility index (Phi) is 7.93. The van der Waals surface area contributed by atoms with E-state index >= 15 is 0 Å². The lowest BCUT2D eigenvalue weighted by molar-refractivity contribution is 0.0948. The zero-order chi connectivity index (χ0) is 25.8. The van der Waals surface area contributed by atoms with Gasteiger partial charge < -0.3 is 15.1 Å². The van der Waals surface area contributed by atoms with Crippen molar-refractivity contribution in [1.29, 1.82) is 0 Å². The lowest BCUT2D eigenvalue weighted by atomic mass is 9.95. The van der Waals surface area contributed by atoms with Gasteiger partial charge in [0.05, 0.1) is 29.6 Å². The summed E-state index contributed by atoms with van der Waals surface area (Å²) in [4.78, 5) is 36.4. The van der Waals surface area contributed by atoms with Gasteiger partial charge in [0.15, 0.2) is 10.9 Å². The highest BCUT2D eigenvalue weighted by molar-refractivity contribution is 7.98. The summed E-state index contributed by atoms with van der Waals surface area (Å²) in [6.45, 7) is 2.32. The molecule has 0 spiro atoms. The van der Waals surface area contributed by atoms with Gasteiger partial charge in [-0.2, -0.15) is 0 Å². The molecular weight excluding hydrogens is 528 g/mol. The average Bonchev–Trinajstić information content (AvgIpc) is 3.55. The van der Waals surface area contributed by atoms with Gasteiger partial charge in [-0.1, -0.05) is 47.6 Å². The molecule has 5 rings (SSSR count). The molecule has 37 heavy (non-hydrogen) atoms. The zero-order valence-corrected chi connectivity index (χ0v) is 22.6. The first-order valence-electron chi connectivity index (χ1n) is 12.0. The highest BCUT2D eigenvalue weighted by Crippen LogP contribution is 2.38. The molecule has 0 saturated carbocycles. The number of aromatic nitrogens is 2. The van der Waals surface area contributed by atoms with Crippen LogP contribution < -0.4 is 10.6 Å². The third-order valence-electron chi connectivity index (χ3n) is 6.18. The second-order valence-corrected chi connectivity index (χ2v) is 11.2.